The first-order chi connectivity index (χ1) is 15.2. The van der Waals surface area contributed by atoms with Gasteiger partial charge in [0.2, 0.25) is 0 Å². The summed E-state index contributed by atoms with van der Waals surface area (Å²) >= 11 is 0. The Labute approximate surface area is 183 Å². The molecule has 4 heteroatoms. The topological polar surface area (TPSA) is 44.1 Å². The van der Waals surface area contributed by atoms with Crippen LogP contribution in [0.15, 0.2) is 104 Å². The average molecular weight is 411 g/mol. The van der Waals surface area contributed by atoms with Crippen LogP contribution >= 0.6 is 0 Å². The Balaban J connectivity index is 1.93. The zero-order chi connectivity index (χ0) is 21.7. The standard InChI is InChI=1S/C27H26N2O2/c1-21(26(30)31-2)18-25-19-29(20-28-25)27(22-12-6-3-7-13-22,23-14-8-4-9-15-23)24-16-10-5-11-17-24/h3-17,19-21H,18H2,1-2H3. The molecular weight excluding hydrogens is 384 g/mol. The average Bonchev–Trinajstić information content (AvgIpc) is 3.29. The lowest BCUT2D eigenvalue weighted by molar-refractivity contribution is -0.144. The third-order valence-electron chi connectivity index (χ3n) is 5.72. The molecule has 0 saturated heterocycles. The quantitative estimate of drug-likeness (QED) is 0.315. The van der Waals surface area contributed by atoms with Crippen LogP contribution in [-0.4, -0.2) is 22.6 Å². The number of aromatic nitrogens is 2. The zero-order valence-corrected chi connectivity index (χ0v) is 17.8. The fraction of sp³-hybridized carbons (Fsp3) is 0.185. The van der Waals surface area contributed by atoms with E-state index in [1.54, 1.807) is 0 Å². The third-order valence-corrected chi connectivity index (χ3v) is 5.72. The highest BCUT2D eigenvalue weighted by Gasteiger charge is 2.38. The van der Waals surface area contributed by atoms with E-state index in [1.165, 1.54) is 7.11 Å². The molecule has 0 N–H and O–H groups in total. The summed E-state index contributed by atoms with van der Waals surface area (Å²) in [6.45, 7) is 1.86. The van der Waals surface area contributed by atoms with Crippen LogP contribution in [0.5, 0.6) is 0 Å². The molecule has 0 saturated carbocycles. The Hall–Kier alpha value is -3.66. The van der Waals surface area contributed by atoms with E-state index in [0.717, 1.165) is 22.4 Å². The number of benzene rings is 3. The van der Waals surface area contributed by atoms with E-state index in [9.17, 15) is 4.79 Å². The molecular formula is C27H26N2O2. The maximum atomic E-state index is 11.9. The maximum Gasteiger partial charge on any atom is 0.308 e. The monoisotopic (exact) mass is 410 g/mol. The van der Waals surface area contributed by atoms with Crippen molar-refractivity contribution in [2.75, 3.05) is 7.11 Å². The van der Waals surface area contributed by atoms with Gasteiger partial charge in [0.1, 0.15) is 5.54 Å². The molecule has 0 bridgehead atoms. The van der Waals surface area contributed by atoms with E-state index in [4.69, 9.17) is 4.74 Å². The number of nitrogens with zero attached hydrogens (tertiary/aromatic N) is 2. The van der Waals surface area contributed by atoms with E-state index < -0.39 is 5.54 Å². The number of carbonyl (C=O) groups is 1. The molecule has 1 atom stereocenters. The van der Waals surface area contributed by atoms with Gasteiger partial charge >= 0.3 is 5.97 Å². The van der Waals surface area contributed by atoms with Gasteiger partial charge in [0.05, 0.1) is 25.0 Å². The lowest BCUT2D eigenvalue weighted by atomic mass is 9.77. The van der Waals surface area contributed by atoms with Gasteiger partial charge in [-0.1, -0.05) is 97.9 Å². The van der Waals surface area contributed by atoms with Gasteiger partial charge in [-0.05, 0) is 16.7 Å². The molecule has 0 fully saturated rings. The largest absolute Gasteiger partial charge is 0.469 e. The number of esters is 1. The second-order valence-electron chi connectivity index (χ2n) is 7.71. The molecule has 0 radical (unpaired) electrons. The minimum Gasteiger partial charge on any atom is -0.469 e. The minimum atomic E-state index is -0.594. The van der Waals surface area contributed by atoms with Gasteiger partial charge in [-0.2, -0.15) is 0 Å². The van der Waals surface area contributed by atoms with Crippen LogP contribution in [0.1, 0.15) is 29.3 Å². The van der Waals surface area contributed by atoms with Crippen molar-refractivity contribution < 1.29 is 9.53 Å². The zero-order valence-electron chi connectivity index (χ0n) is 17.8. The summed E-state index contributed by atoms with van der Waals surface area (Å²) in [7, 11) is 1.42. The Morgan fingerprint density at radius 3 is 1.74 bits per heavy atom. The van der Waals surface area contributed by atoms with Gasteiger partial charge in [0.15, 0.2) is 0 Å². The Kier molecular flexibility index (Phi) is 5.99. The normalized spacial score (nSPS) is 12.3. The second-order valence-corrected chi connectivity index (χ2v) is 7.71. The van der Waals surface area contributed by atoms with Crippen LogP contribution in [0.2, 0.25) is 0 Å². The molecule has 0 aliphatic carbocycles. The molecule has 4 nitrogen and oxygen atoms in total. The summed E-state index contributed by atoms with van der Waals surface area (Å²) in [4.78, 5) is 16.6. The van der Waals surface area contributed by atoms with Crippen molar-refractivity contribution in [1.29, 1.82) is 0 Å². The van der Waals surface area contributed by atoms with Gasteiger partial charge in [0, 0.05) is 12.6 Å². The molecule has 3 aromatic carbocycles. The van der Waals surface area contributed by atoms with Crippen molar-refractivity contribution in [3.63, 3.8) is 0 Å². The third kappa shape index (κ3) is 3.89. The summed E-state index contributed by atoms with van der Waals surface area (Å²) in [5, 5.41) is 0. The van der Waals surface area contributed by atoms with Gasteiger partial charge in [-0.25, -0.2) is 4.98 Å². The van der Waals surface area contributed by atoms with Gasteiger partial charge < -0.3 is 9.30 Å². The van der Waals surface area contributed by atoms with Crippen molar-refractivity contribution in [3.05, 3.63) is 126 Å². The fourth-order valence-corrected chi connectivity index (χ4v) is 4.24. The maximum absolute atomic E-state index is 11.9. The number of ether oxygens (including phenoxy) is 1. The summed E-state index contributed by atoms with van der Waals surface area (Å²) in [5.74, 6) is -0.483. The van der Waals surface area contributed by atoms with Crippen molar-refractivity contribution >= 4 is 5.97 Å². The van der Waals surface area contributed by atoms with Gasteiger partial charge in [0.25, 0.3) is 0 Å². The molecule has 4 rings (SSSR count). The molecule has 0 aliphatic heterocycles. The first kappa shape index (κ1) is 20.6. The van der Waals surface area contributed by atoms with E-state index >= 15 is 0 Å². The predicted molar refractivity (Wildman–Crippen MR) is 122 cm³/mol. The number of methoxy groups -OCH3 is 1. The lowest BCUT2D eigenvalue weighted by Crippen LogP contribution is -2.37. The van der Waals surface area contributed by atoms with E-state index in [0.29, 0.717) is 6.42 Å². The van der Waals surface area contributed by atoms with Crippen molar-refractivity contribution in [2.45, 2.75) is 18.9 Å². The highest BCUT2D eigenvalue weighted by Crippen LogP contribution is 2.40. The molecule has 31 heavy (non-hydrogen) atoms. The number of carbonyl (C=O) groups excluding carboxylic acids is 1. The van der Waals surface area contributed by atoms with Gasteiger partial charge in [-0.15, -0.1) is 0 Å². The van der Waals surface area contributed by atoms with Crippen LogP contribution in [0.4, 0.5) is 0 Å². The summed E-state index contributed by atoms with van der Waals surface area (Å²) in [6.07, 6.45) is 4.44. The van der Waals surface area contributed by atoms with Crippen LogP contribution in [0, 0.1) is 5.92 Å². The first-order valence-corrected chi connectivity index (χ1v) is 10.4. The molecule has 4 aromatic rings. The van der Waals surface area contributed by atoms with Crippen LogP contribution in [0.3, 0.4) is 0 Å². The predicted octanol–water partition coefficient (Wildman–Crippen LogP) is 5.07. The second kappa shape index (κ2) is 9.00. The van der Waals surface area contributed by atoms with Crippen LogP contribution in [0.25, 0.3) is 0 Å². The van der Waals surface area contributed by atoms with E-state index in [2.05, 4.69) is 82.3 Å². The molecule has 1 heterocycles. The number of hydrogen-bond acceptors (Lipinski definition) is 3. The lowest BCUT2D eigenvalue weighted by Gasteiger charge is -2.37. The summed E-state index contributed by atoms with van der Waals surface area (Å²) in [5.41, 5.74) is 3.67. The molecule has 0 aliphatic rings. The molecule has 0 spiro atoms. The van der Waals surface area contributed by atoms with Crippen molar-refractivity contribution in [1.82, 2.24) is 9.55 Å². The van der Waals surface area contributed by atoms with E-state index in [-0.39, 0.29) is 11.9 Å². The van der Waals surface area contributed by atoms with Crippen LogP contribution in [-0.2, 0) is 21.5 Å². The Morgan fingerprint density at radius 1 is 0.871 bits per heavy atom. The molecule has 1 aromatic heterocycles. The van der Waals surface area contributed by atoms with Crippen LogP contribution < -0.4 is 0 Å². The van der Waals surface area contributed by atoms with E-state index in [1.807, 2.05) is 37.6 Å². The first-order valence-electron chi connectivity index (χ1n) is 10.4. The number of rotatable bonds is 7. The fourth-order valence-electron chi connectivity index (χ4n) is 4.24. The SMILES string of the molecule is COC(=O)C(C)Cc1cn(C(c2ccccc2)(c2ccccc2)c2ccccc2)cn1. The van der Waals surface area contributed by atoms with Crippen molar-refractivity contribution in [3.8, 4) is 0 Å². The smallest absolute Gasteiger partial charge is 0.308 e. The summed E-state index contributed by atoms with van der Waals surface area (Å²) < 4.78 is 7.05. The Bertz CT molecular complexity index is 1020. The minimum absolute atomic E-state index is 0.227. The number of hydrogen-bond donors (Lipinski definition) is 0. The van der Waals surface area contributed by atoms with Gasteiger partial charge in [-0.3, -0.25) is 4.79 Å². The highest BCUT2D eigenvalue weighted by atomic mass is 16.5. The van der Waals surface area contributed by atoms with Crippen molar-refractivity contribution in [2.24, 2.45) is 5.92 Å². The molecule has 1 unspecified atom stereocenters. The Morgan fingerprint density at radius 2 is 1.32 bits per heavy atom. The molecule has 156 valence electrons. The molecule has 0 amide bonds. The summed E-state index contributed by atoms with van der Waals surface area (Å²) in [6, 6.07) is 31.4. The highest BCUT2D eigenvalue weighted by molar-refractivity contribution is 5.72. The number of imidazole rings is 1.